The predicted octanol–water partition coefficient (Wildman–Crippen LogP) is 3.35. The van der Waals surface area contributed by atoms with Gasteiger partial charge in [0.15, 0.2) is 0 Å². The normalized spacial score (nSPS) is 15.5. The minimum Gasteiger partial charge on any atom is -0.478 e. The van der Waals surface area contributed by atoms with Gasteiger partial charge in [0.1, 0.15) is 0 Å². The Morgan fingerprint density at radius 3 is 2.65 bits per heavy atom. The van der Waals surface area contributed by atoms with Gasteiger partial charge in [-0.1, -0.05) is 18.5 Å². The zero-order valence-electron chi connectivity index (χ0n) is 11.2. The first-order chi connectivity index (χ1) is 9.46. The fourth-order valence-corrected chi connectivity index (χ4v) is 2.24. The van der Waals surface area contributed by atoms with E-state index in [-0.39, 0.29) is 16.7 Å². The van der Waals surface area contributed by atoms with E-state index in [4.69, 9.17) is 16.7 Å². The summed E-state index contributed by atoms with van der Waals surface area (Å²) in [5.74, 6) is -1.11. The number of carbonyl (C=O) groups excluding carboxylic acids is 1. The second-order valence-electron chi connectivity index (χ2n) is 5.16. The average Bonchev–Trinajstić information content (AvgIpc) is 3.17. The first kappa shape index (κ1) is 14.7. The summed E-state index contributed by atoms with van der Waals surface area (Å²) < 4.78 is 0. The minimum absolute atomic E-state index is 0.0150. The van der Waals surface area contributed by atoms with Crippen molar-refractivity contribution in [1.82, 2.24) is 5.32 Å². The predicted molar refractivity (Wildman–Crippen MR) is 77.4 cm³/mol. The lowest BCUT2D eigenvalue weighted by Crippen LogP contribution is -2.34. The van der Waals surface area contributed by atoms with Crippen LogP contribution in [0, 0.1) is 5.41 Å². The van der Waals surface area contributed by atoms with Crippen molar-refractivity contribution < 1.29 is 14.7 Å². The number of hydrogen-bond acceptors (Lipinski definition) is 2. The van der Waals surface area contributed by atoms with E-state index in [1.165, 1.54) is 18.2 Å². The van der Waals surface area contributed by atoms with Crippen LogP contribution in [0.25, 0.3) is 0 Å². The summed E-state index contributed by atoms with van der Waals surface area (Å²) in [6.07, 6.45) is 3.29. The van der Waals surface area contributed by atoms with Gasteiger partial charge in [0.25, 0.3) is 0 Å². The molecule has 0 saturated heterocycles. The van der Waals surface area contributed by atoms with Crippen LogP contribution in [-0.4, -0.2) is 23.7 Å². The molecule has 0 heterocycles. The number of amides is 2. The zero-order valence-corrected chi connectivity index (χ0v) is 12.0. The largest absolute Gasteiger partial charge is 0.478 e. The molecule has 0 aromatic heterocycles. The summed E-state index contributed by atoms with van der Waals surface area (Å²) in [6, 6.07) is 3.87. The molecule has 1 aliphatic rings. The summed E-state index contributed by atoms with van der Waals surface area (Å²) >= 11 is 5.82. The Kier molecular flexibility index (Phi) is 4.18. The van der Waals surface area contributed by atoms with Crippen LogP contribution in [0.2, 0.25) is 5.02 Å². The van der Waals surface area contributed by atoms with E-state index >= 15 is 0 Å². The molecule has 2 amide bonds. The van der Waals surface area contributed by atoms with Crippen molar-refractivity contribution in [2.45, 2.75) is 26.2 Å². The molecule has 108 valence electrons. The molecule has 0 radical (unpaired) electrons. The van der Waals surface area contributed by atoms with Gasteiger partial charge in [0.05, 0.1) is 11.3 Å². The van der Waals surface area contributed by atoms with Crippen molar-refractivity contribution in [3.63, 3.8) is 0 Å². The monoisotopic (exact) mass is 296 g/mol. The highest BCUT2D eigenvalue weighted by Gasteiger charge is 2.40. The molecule has 0 aliphatic heterocycles. The van der Waals surface area contributed by atoms with Crippen LogP contribution >= 0.6 is 11.6 Å². The number of carbonyl (C=O) groups is 2. The lowest BCUT2D eigenvalue weighted by molar-refractivity contribution is 0.0698. The third kappa shape index (κ3) is 3.42. The molecule has 5 nitrogen and oxygen atoms in total. The highest BCUT2D eigenvalue weighted by atomic mass is 35.5. The Bertz CT molecular complexity index is 541. The summed E-state index contributed by atoms with van der Waals surface area (Å²) in [7, 11) is 0. The van der Waals surface area contributed by atoms with E-state index in [1.54, 1.807) is 0 Å². The molecule has 20 heavy (non-hydrogen) atoms. The van der Waals surface area contributed by atoms with Gasteiger partial charge in [0.2, 0.25) is 0 Å². The number of anilines is 1. The summed E-state index contributed by atoms with van der Waals surface area (Å²) in [4.78, 5) is 22.9. The number of halogens is 1. The van der Waals surface area contributed by atoms with Crippen LogP contribution in [-0.2, 0) is 0 Å². The molecular weight excluding hydrogens is 280 g/mol. The van der Waals surface area contributed by atoms with Gasteiger partial charge < -0.3 is 15.7 Å². The third-order valence-corrected chi connectivity index (χ3v) is 4.03. The summed E-state index contributed by atoms with van der Waals surface area (Å²) in [5.41, 5.74) is 0.450. The Balaban J connectivity index is 2.00. The number of carboxylic acid groups (broad SMARTS) is 1. The molecule has 2 rings (SSSR count). The Morgan fingerprint density at radius 2 is 2.10 bits per heavy atom. The second kappa shape index (κ2) is 5.71. The van der Waals surface area contributed by atoms with Crippen LogP contribution in [0.15, 0.2) is 18.2 Å². The number of hydrogen-bond donors (Lipinski definition) is 3. The molecule has 1 aliphatic carbocycles. The molecule has 1 fully saturated rings. The molecule has 0 atom stereocenters. The topological polar surface area (TPSA) is 78.4 Å². The van der Waals surface area contributed by atoms with Crippen LogP contribution in [0.4, 0.5) is 10.5 Å². The standard InChI is InChI=1S/C14H17ClN2O3/c1-2-14(5-6-14)8-16-13(20)17-11-7-9(15)3-4-10(11)12(18)19/h3-4,7H,2,5-6,8H2,1H3,(H,18,19)(H2,16,17,20). The maximum Gasteiger partial charge on any atom is 0.337 e. The van der Waals surface area contributed by atoms with Gasteiger partial charge in [-0.25, -0.2) is 9.59 Å². The maximum absolute atomic E-state index is 11.8. The molecule has 0 unspecified atom stereocenters. The third-order valence-electron chi connectivity index (χ3n) is 3.79. The van der Waals surface area contributed by atoms with Crippen molar-refractivity contribution in [3.8, 4) is 0 Å². The van der Waals surface area contributed by atoms with E-state index in [9.17, 15) is 9.59 Å². The van der Waals surface area contributed by atoms with E-state index in [0.29, 0.717) is 11.6 Å². The van der Waals surface area contributed by atoms with Gasteiger partial charge in [-0.05, 0) is 42.9 Å². The van der Waals surface area contributed by atoms with E-state index in [0.717, 1.165) is 19.3 Å². The van der Waals surface area contributed by atoms with Crippen LogP contribution in [0.3, 0.4) is 0 Å². The van der Waals surface area contributed by atoms with E-state index in [1.807, 2.05) is 0 Å². The highest BCUT2D eigenvalue weighted by molar-refractivity contribution is 6.31. The number of carboxylic acids is 1. The quantitative estimate of drug-likeness (QED) is 0.779. The Hall–Kier alpha value is -1.75. The molecular formula is C14H17ClN2O3. The van der Waals surface area contributed by atoms with Crippen LogP contribution in [0.1, 0.15) is 36.5 Å². The summed E-state index contributed by atoms with van der Waals surface area (Å²) in [5, 5.41) is 14.8. The lowest BCUT2D eigenvalue weighted by Gasteiger charge is -2.15. The molecule has 0 spiro atoms. The first-order valence-corrected chi connectivity index (χ1v) is 6.91. The summed E-state index contributed by atoms with van der Waals surface area (Å²) in [6.45, 7) is 2.71. The maximum atomic E-state index is 11.8. The first-order valence-electron chi connectivity index (χ1n) is 6.53. The minimum atomic E-state index is -1.11. The van der Waals surface area contributed by atoms with Gasteiger partial charge in [0, 0.05) is 11.6 Å². The molecule has 1 aromatic rings. The Labute approximate surface area is 122 Å². The van der Waals surface area contributed by atoms with Gasteiger partial charge in [-0.15, -0.1) is 0 Å². The molecule has 1 saturated carbocycles. The van der Waals surface area contributed by atoms with Crippen molar-refractivity contribution >= 4 is 29.3 Å². The van der Waals surface area contributed by atoms with Crippen molar-refractivity contribution in [2.24, 2.45) is 5.41 Å². The highest BCUT2D eigenvalue weighted by Crippen LogP contribution is 2.47. The number of aromatic carboxylic acids is 1. The number of rotatable bonds is 5. The van der Waals surface area contributed by atoms with Crippen molar-refractivity contribution in [3.05, 3.63) is 28.8 Å². The van der Waals surface area contributed by atoms with Gasteiger partial charge in [-0.2, -0.15) is 0 Å². The van der Waals surface area contributed by atoms with E-state index < -0.39 is 12.0 Å². The van der Waals surface area contributed by atoms with Gasteiger partial charge in [-0.3, -0.25) is 0 Å². The van der Waals surface area contributed by atoms with Crippen LogP contribution in [0.5, 0.6) is 0 Å². The van der Waals surface area contributed by atoms with Crippen molar-refractivity contribution in [1.29, 1.82) is 0 Å². The fraction of sp³-hybridized carbons (Fsp3) is 0.429. The number of benzene rings is 1. The van der Waals surface area contributed by atoms with Gasteiger partial charge >= 0.3 is 12.0 Å². The molecule has 6 heteroatoms. The molecule has 3 N–H and O–H groups in total. The smallest absolute Gasteiger partial charge is 0.337 e. The lowest BCUT2D eigenvalue weighted by atomic mass is 10.0. The Morgan fingerprint density at radius 1 is 1.40 bits per heavy atom. The second-order valence-corrected chi connectivity index (χ2v) is 5.59. The van der Waals surface area contributed by atoms with Crippen molar-refractivity contribution in [2.75, 3.05) is 11.9 Å². The SMILES string of the molecule is CCC1(CNC(=O)Nc2cc(Cl)ccc2C(=O)O)CC1. The zero-order chi connectivity index (χ0) is 14.8. The number of urea groups is 1. The van der Waals surface area contributed by atoms with E-state index in [2.05, 4.69) is 17.6 Å². The van der Waals surface area contributed by atoms with Crippen LogP contribution < -0.4 is 10.6 Å². The number of nitrogens with one attached hydrogen (secondary N) is 2. The molecule has 0 bridgehead atoms. The fourth-order valence-electron chi connectivity index (χ4n) is 2.07. The molecule has 1 aromatic carbocycles. The average molecular weight is 297 g/mol.